The van der Waals surface area contributed by atoms with Crippen LogP contribution >= 0.6 is 23.2 Å². The Balaban J connectivity index is 1.83. The number of aromatic nitrogens is 1. The molecule has 0 fully saturated rings. The maximum Gasteiger partial charge on any atom is 0.142 e. The summed E-state index contributed by atoms with van der Waals surface area (Å²) in [6.07, 6.45) is 0.892. The first-order chi connectivity index (χ1) is 12.8. The molecule has 1 aliphatic heterocycles. The van der Waals surface area contributed by atoms with E-state index < -0.39 is 11.4 Å². The van der Waals surface area contributed by atoms with Gasteiger partial charge >= 0.3 is 0 Å². The van der Waals surface area contributed by atoms with E-state index in [1.807, 2.05) is 18.2 Å². The van der Waals surface area contributed by atoms with E-state index in [1.54, 1.807) is 13.0 Å². The summed E-state index contributed by atoms with van der Waals surface area (Å²) >= 11 is 12.0. The molecule has 2 heterocycles. The van der Waals surface area contributed by atoms with Crippen LogP contribution in [-0.2, 0) is 25.1 Å². The molecule has 0 bridgehead atoms. The highest BCUT2D eigenvalue weighted by molar-refractivity contribution is 6.31. The van der Waals surface area contributed by atoms with E-state index in [9.17, 15) is 9.50 Å². The highest BCUT2D eigenvalue weighted by atomic mass is 35.5. The summed E-state index contributed by atoms with van der Waals surface area (Å²) in [6.45, 7) is 3.83. The molecule has 1 aliphatic rings. The van der Waals surface area contributed by atoms with Crippen molar-refractivity contribution in [2.75, 3.05) is 13.6 Å². The van der Waals surface area contributed by atoms with Crippen molar-refractivity contribution >= 4 is 34.1 Å². The van der Waals surface area contributed by atoms with E-state index in [4.69, 9.17) is 23.2 Å². The van der Waals surface area contributed by atoms with E-state index in [-0.39, 0.29) is 5.02 Å². The number of aliphatic hydroxyl groups is 1. The molecular weight excluding hydrogens is 386 g/mol. The molecule has 0 radical (unpaired) electrons. The molecule has 4 rings (SSSR count). The Kier molecular flexibility index (Phi) is 4.71. The molecule has 0 saturated heterocycles. The molecule has 2 aromatic carbocycles. The second-order valence-electron chi connectivity index (χ2n) is 7.56. The first-order valence-corrected chi connectivity index (χ1v) is 9.68. The summed E-state index contributed by atoms with van der Waals surface area (Å²) < 4.78 is 16.1. The van der Waals surface area contributed by atoms with E-state index in [1.165, 1.54) is 23.4 Å². The number of hydrogen-bond acceptors (Lipinski definition) is 2. The van der Waals surface area contributed by atoms with Gasteiger partial charge in [-0.25, -0.2) is 4.39 Å². The average Bonchev–Trinajstić information content (AvgIpc) is 2.89. The van der Waals surface area contributed by atoms with Gasteiger partial charge in [-0.1, -0.05) is 29.3 Å². The van der Waals surface area contributed by atoms with E-state index in [0.717, 1.165) is 30.4 Å². The van der Waals surface area contributed by atoms with Crippen molar-refractivity contribution in [2.45, 2.75) is 32.0 Å². The quantitative estimate of drug-likeness (QED) is 0.663. The molecule has 1 aromatic heterocycles. The number of hydrogen-bond donors (Lipinski definition) is 1. The number of nitrogens with zero attached hydrogens (tertiary/aromatic N) is 2. The van der Waals surface area contributed by atoms with E-state index in [0.29, 0.717) is 17.1 Å². The summed E-state index contributed by atoms with van der Waals surface area (Å²) in [5.41, 5.74) is 2.75. The Morgan fingerprint density at radius 2 is 1.96 bits per heavy atom. The minimum Gasteiger partial charge on any atom is -0.384 e. The molecule has 0 spiro atoms. The number of rotatable bonds is 3. The fraction of sp³-hybridized carbons (Fsp3) is 0.333. The van der Waals surface area contributed by atoms with E-state index >= 15 is 0 Å². The van der Waals surface area contributed by atoms with Crippen molar-refractivity contribution in [3.63, 3.8) is 0 Å². The summed E-state index contributed by atoms with van der Waals surface area (Å²) in [6, 6.07) is 10.3. The standard InChI is InChI=1S/C21H21Cl2FN2O/c1-21(27,13-3-5-17(23)18(24)9-13)12-26-19-6-4-14(22)10-15(19)16-11-25(2)8-7-20(16)26/h3-6,9-10,27H,7-8,11-12H2,1-2H3. The maximum absolute atomic E-state index is 13.9. The summed E-state index contributed by atoms with van der Waals surface area (Å²) in [4.78, 5) is 2.28. The van der Waals surface area contributed by atoms with Crippen LogP contribution in [0.5, 0.6) is 0 Å². The van der Waals surface area contributed by atoms with Crippen LogP contribution in [0.2, 0.25) is 10.0 Å². The SMILES string of the molecule is CN1CCc2c(c3cc(Cl)ccc3n2CC(C)(O)c2ccc(Cl)c(F)c2)C1. The molecular formula is C21H21Cl2FN2O. The molecule has 1 atom stereocenters. The zero-order chi connectivity index (χ0) is 19.3. The van der Waals surface area contributed by atoms with Crippen LogP contribution in [0.4, 0.5) is 4.39 Å². The first kappa shape index (κ1) is 18.8. The fourth-order valence-corrected chi connectivity index (χ4v) is 4.26. The minimum absolute atomic E-state index is 0.0519. The average molecular weight is 407 g/mol. The van der Waals surface area contributed by atoms with Gasteiger partial charge in [0.25, 0.3) is 0 Å². The van der Waals surface area contributed by atoms with Gasteiger partial charge in [0.1, 0.15) is 11.4 Å². The third-order valence-corrected chi connectivity index (χ3v) is 5.96. The predicted molar refractivity (Wildman–Crippen MR) is 108 cm³/mol. The monoisotopic (exact) mass is 406 g/mol. The van der Waals surface area contributed by atoms with Gasteiger partial charge in [-0.3, -0.25) is 0 Å². The van der Waals surface area contributed by atoms with Crippen molar-refractivity contribution in [3.8, 4) is 0 Å². The second kappa shape index (κ2) is 6.78. The van der Waals surface area contributed by atoms with Gasteiger partial charge < -0.3 is 14.6 Å². The van der Waals surface area contributed by atoms with Crippen LogP contribution in [0.25, 0.3) is 10.9 Å². The maximum atomic E-state index is 13.9. The largest absolute Gasteiger partial charge is 0.384 e. The number of fused-ring (bicyclic) bond motifs is 3. The summed E-state index contributed by atoms with van der Waals surface area (Å²) in [5, 5.41) is 13.0. The lowest BCUT2D eigenvalue weighted by atomic mass is 9.95. The van der Waals surface area contributed by atoms with Crippen LogP contribution in [0, 0.1) is 5.82 Å². The Bertz CT molecular complexity index is 1030. The third-order valence-electron chi connectivity index (χ3n) is 5.41. The second-order valence-corrected chi connectivity index (χ2v) is 8.41. The lowest BCUT2D eigenvalue weighted by molar-refractivity contribution is 0.0382. The van der Waals surface area contributed by atoms with Crippen molar-refractivity contribution in [2.24, 2.45) is 0 Å². The minimum atomic E-state index is -1.24. The molecule has 0 saturated carbocycles. The van der Waals surface area contributed by atoms with Crippen LogP contribution in [-0.4, -0.2) is 28.2 Å². The van der Waals surface area contributed by atoms with Crippen LogP contribution in [0.3, 0.4) is 0 Å². The molecule has 3 aromatic rings. The molecule has 6 heteroatoms. The molecule has 27 heavy (non-hydrogen) atoms. The predicted octanol–water partition coefficient (Wildman–Crippen LogP) is 4.98. The smallest absolute Gasteiger partial charge is 0.142 e. The van der Waals surface area contributed by atoms with Gasteiger partial charge in [-0.2, -0.15) is 0 Å². The zero-order valence-corrected chi connectivity index (χ0v) is 16.8. The van der Waals surface area contributed by atoms with Crippen molar-refractivity contribution in [1.29, 1.82) is 0 Å². The first-order valence-electron chi connectivity index (χ1n) is 8.92. The Morgan fingerprint density at radius 3 is 2.70 bits per heavy atom. The van der Waals surface area contributed by atoms with Gasteiger partial charge in [-0.15, -0.1) is 0 Å². The molecule has 142 valence electrons. The molecule has 3 nitrogen and oxygen atoms in total. The van der Waals surface area contributed by atoms with Gasteiger partial charge in [0.2, 0.25) is 0 Å². The van der Waals surface area contributed by atoms with Crippen molar-refractivity contribution in [1.82, 2.24) is 9.47 Å². The van der Waals surface area contributed by atoms with Gasteiger partial charge in [0.15, 0.2) is 0 Å². The number of halogens is 3. The molecule has 0 amide bonds. The number of benzene rings is 2. The lowest BCUT2D eigenvalue weighted by Crippen LogP contribution is -2.31. The third kappa shape index (κ3) is 3.36. The van der Waals surface area contributed by atoms with Crippen LogP contribution in [0.1, 0.15) is 23.7 Å². The highest BCUT2D eigenvalue weighted by Gasteiger charge is 2.29. The van der Waals surface area contributed by atoms with Gasteiger partial charge in [0, 0.05) is 41.1 Å². The fourth-order valence-electron chi connectivity index (χ4n) is 3.97. The van der Waals surface area contributed by atoms with Crippen LogP contribution < -0.4 is 0 Å². The normalized spacial score (nSPS) is 17.1. The van der Waals surface area contributed by atoms with Crippen molar-refractivity contribution in [3.05, 3.63) is 69.1 Å². The Morgan fingerprint density at radius 1 is 1.19 bits per heavy atom. The molecule has 1 unspecified atom stereocenters. The molecule has 0 aliphatic carbocycles. The Labute approximate surface area is 167 Å². The number of likely N-dealkylation sites (N-methyl/N-ethyl adjacent to an activating group) is 1. The van der Waals surface area contributed by atoms with Crippen molar-refractivity contribution < 1.29 is 9.50 Å². The summed E-state index contributed by atoms with van der Waals surface area (Å²) in [5.74, 6) is -0.526. The summed E-state index contributed by atoms with van der Waals surface area (Å²) in [7, 11) is 2.10. The lowest BCUT2D eigenvalue weighted by Gasteiger charge is -2.29. The van der Waals surface area contributed by atoms with E-state index in [2.05, 4.69) is 16.5 Å². The molecule has 1 N–H and O–H groups in total. The highest BCUT2D eigenvalue weighted by Crippen LogP contribution is 2.35. The Hall–Kier alpha value is -1.59. The van der Waals surface area contributed by atoms with Gasteiger partial charge in [-0.05, 0) is 55.4 Å². The van der Waals surface area contributed by atoms with Crippen LogP contribution in [0.15, 0.2) is 36.4 Å². The van der Waals surface area contributed by atoms with Gasteiger partial charge in [0.05, 0.1) is 11.6 Å². The zero-order valence-electron chi connectivity index (χ0n) is 15.3. The topological polar surface area (TPSA) is 28.4 Å².